The molecule has 0 saturated carbocycles. The van der Waals surface area contributed by atoms with E-state index in [4.69, 9.17) is 32.7 Å². The molecule has 0 spiro atoms. The number of ether oxygens (including phenoxy) is 2. The fraction of sp³-hybridized carbons (Fsp3) is 1.00. The van der Waals surface area contributed by atoms with E-state index in [0.29, 0.717) is 19.6 Å². The van der Waals surface area contributed by atoms with Gasteiger partial charge in [-0.25, -0.2) is 0 Å². The Hall–Kier alpha value is 0.500. The summed E-state index contributed by atoms with van der Waals surface area (Å²) in [4.78, 5) is -0.597. The van der Waals surface area contributed by atoms with Gasteiger partial charge < -0.3 is 9.47 Å². The molecule has 1 heterocycles. The van der Waals surface area contributed by atoms with Crippen LogP contribution in [0.3, 0.4) is 0 Å². The molecule has 0 bridgehead atoms. The third-order valence-electron chi connectivity index (χ3n) is 1.60. The first-order chi connectivity index (χ1) is 4.71. The Morgan fingerprint density at radius 1 is 1.40 bits per heavy atom. The molecule has 0 radical (unpaired) electrons. The molecule has 0 unspecified atom stereocenters. The van der Waals surface area contributed by atoms with Crippen molar-refractivity contribution in [1.29, 1.82) is 0 Å². The molecule has 1 saturated heterocycles. The second-order valence-electron chi connectivity index (χ2n) is 2.16. The van der Waals surface area contributed by atoms with Crippen molar-refractivity contribution in [3.63, 3.8) is 0 Å². The van der Waals surface area contributed by atoms with E-state index in [-0.39, 0.29) is 0 Å². The standard InChI is InChI=1S/C6H10Cl2O2/c1-2-6(5(7)8)9-3-4-10-6/h5H,2-4H2,1H3. The van der Waals surface area contributed by atoms with Gasteiger partial charge in [-0.2, -0.15) is 0 Å². The van der Waals surface area contributed by atoms with Gasteiger partial charge in [-0.3, -0.25) is 0 Å². The van der Waals surface area contributed by atoms with Crippen molar-refractivity contribution in [2.45, 2.75) is 24.0 Å². The molecule has 60 valence electrons. The van der Waals surface area contributed by atoms with Gasteiger partial charge in [0.15, 0.2) is 10.6 Å². The van der Waals surface area contributed by atoms with Gasteiger partial charge in [-0.1, -0.05) is 30.1 Å². The average molecular weight is 185 g/mol. The van der Waals surface area contributed by atoms with Crippen molar-refractivity contribution < 1.29 is 9.47 Å². The first-order valence-corrected chi connectivity index (χ1v) is 4.14. The highest BCUT2D eigenvalue weighted by Gasteiger charge is 2.40. The van der Waals surface area contributed by atoms with Crippen LogP contribution in [0.1, 0.15) is 13.3 Å². The summed E-state index contributed by atoms with van der Waals surface area (Å²) >= 11 is 11.3. The fourth-order valence-electron chi connectivity index (χ4n) is 0.955. The lowest BCUT2D eigenvalue weighted by Crippen LogP contribution is -2.36. The first-order valence-electron chi connectivity index (χ1n) is 3.27. The molecule has 0 aliphatic carbocycles. The molecule has 0 aromatic carbocycles. The molecule has 10 heavy (non-hydrogen) atoms. The van der Waals surface area contributed by atoms with Gasteiger partial charge in [0.05, 0.1) is 13.2 Å². The zero-order valence-electron chi connectivity index (χ0n) is 5.77. The molecule has 0 aromatic rings. The largest absolute Gasteiger partial charge is 0.345 e. The summed E-state index contributed by atoms with van der Waals surface area (Å²) in [6.07, 6.45) is 0.685. The van der Waals surface area contributed by atoms with E-state index < -0.39 is 10.6 Å². The molecular formula is C6H10Cl2O2. The second-order valence-corrected chi connectivity index (χ2v) is 3.26. The molecule has 1 aliphatic rings. The van der Waals surface area contributed by atoms with Crippen LogP contribution in [0.15, 0.2) is 0 Å². The molecule has 4 heteroatoms. The smallest absolute Gasteiger partial charge is 0.198 e. The summed E-state index contributed by atoms with van der Waals surface area (Å²) < 4.78 is 10.5. The molecule has 2 nitrogen and oxygen atoms in total. The van der Waals surface area contributed by atoms with Gasteiger partial charge in [-0.15, -0.1) is 0 Å². The predicted molar refractivity (Wildman–Crippen MR) is 40.4 cm³/mol. The summed E-state index contributed by atoms with van der Waals surface area (Å²) in [5, 5.41) is 0. The van der Waals surface area contributed by atoms with Crippen LogP contribution >= 0.6 is 23.2 Å². The van der Waals surface area contributed by atoms with E-state index in [9.17, 15) is 0 Å². The van der Waals surface area contributed by atoms with Crippen LogP contribution in [0.5, 0.6) is 0 Å². The monoisotopic (exact) mass is 184 g/mol. The Balaban J connectivity index is 2.58. The quantitative estimate of drug-likeness (QED) is 0.612. The zero-order valence-corrected chi connectivity index (χ0v) is 7.28. The Kier molecular flexibility index (Phi) is 2.81. The third-order valence-corrected chi connectivity index (χ3v) is 2.27. The van der Waals surface area contributed by atoms with Gasteiger partial charge in [0.2, 0.25) is 0 Å². The summed E-state index contributed by atoms with van der Waals surface area (Å²) in [7, 11) is 0. The molecule has 0 N–H and O–H groups in total. The first kappa shape index (κ1) is 8.60. The lowest BCUT2D eigenvalue weighted by Gasteiger charge is -2.26. The fourth-order valence-corrected chi connectivity index (χ4v) is 1.52. The van der Waals surface area contributed by atoms with Gasteiger partial charge in [0, 0.05) is 6.42 Å². The molecule has 0 amide bonds. The molecule has 1 aliphatic heterocycles. The van der Waals surface area contributed by atoms with Crippen LogP contribution in [-0.4, -0.2) is 23.8 Å². The number of rotatable bonds is 2. The van der Waals surface area contributed by atoms with E-state index in [1.807, 2.05) is 6.92 Å². The van der Waals surface area contributed by atoms with Crippen molar-refractivity contribution in [3.8, 4) is 0 Å². The number of alkyl halides is 2. The van der Waals surface area contributed by atoms with Crippen molar-refractivity contribution >= 4 is 23.2 Å². The van der Waals surface area contributed by atoms with E-state index in [0.717, 1.165) is 0 Å². The minimum Gasteiger partial charge on any atom is -0.345 e. The molecule has 0 atom stereocenters. The SMILES string of the molecule is CCC1(C(Cl)Cl)OCCO1. The van der Waals surface area contributed by atoms with Crippen LogP contribution in [-0.2, 0) is 9.47 Å². The number of hydrogen-bond donors (Lipinski definition) is 0. The Labute approximate surface area is 70.4 Å². The molecule has 1 rings (SSSR count). The van der Waals surface area contributed by atoms with Crippen molar-refractivity contribution in [1.82, 2.24) is 0 Å². The summed E-state index contributed by atoms with van der Waals surface area (Å²) in [6.45, 7) is 3.11. The minimum absolute atomic E-state index is 0.587. The number of halogens is 2. The van der Waals surface area contributed by atoms with Crippen LogP contribution in [0.25, 0.3) is 0 Å². The highest BCUT2D eigenvalue weighted by Crippen LogP contribution is 2.32. The zero-order chi connectivity index (χ0) is 7.61. The number of hydrogen-bond acceptors (Lipinski definition) is 2. The van der Waals surface area contributed by atoms with Crippen LogP contribution in [0.4, 0.5) is 0 Å². The van der Waals surface area contributed by atoms with E-state index >= 15 is 0 Å². The maximum absolute atomic E-state index is 5.66. The van der Waals surface area contributed by atoms with Crippen molar-refractivity contribution in [3.05, 3.63) is 0 Å². The molecule has 0 aromatic heterocycles. The summed E-state index contributed by atoms with van der Waals surface area (Å²) in [6, 6.07) is 0. The summed E-state index contributed by atoms with van der Waals surface area (Å²) in [5.41, 5.74) is 0. The maximum atomic E-state index is 5.66. The molecular weight excluding hydrogens is 175 g/mol. The van der Waals surface area contributed by atoms with Gasteiger partial charge in [0.1, 0.15) is 0 Å². The van der Waals surface area contributed by atoms with Crippen LogP contribution < -0.4 is 0 Å². The van der Waals surface area contributed by atoms with Gasteiger partial charge in [-0.05, 0) is 0 Å². The Bertz CT molecular complexity index is 110. The third kappa shape index (κ3) is 1.40. The van der Waals surface area contributed by atoms with E-state index in [1.165, 1.54) is 0 Å². The van der Waals surface area contributed by atoms with Crippen LogP contribution in [0.2, 0.25) is 0 Å². The predicted octanol–water partition coefficient (Wildman–Crippen LogP) is 1.94. The molecule has 1 fully saturated rings. The van der Waals surface area contributed by atoms with Gasteiger partial charge >= 0.3 is 0 Å². The lowest BCUT2D eigenvalue weighted by molar-refractivity contribution is -0.147. The minimum atomic E-state index is -0.733. The lowest BCUT2D eigenvalue weighted by atomic mass is 10.2. The Morgan fingerprint density at radius 3 is 2.10 bits per heavy atom. The maximum Gasteiger partial charge on any atom is 0.198 e. The summed E-state index contributed by atoms with van der Waals surface area (Å²) in [5.74, 6) is -0.733. The van der Waals surface area contributed by atoms with Gasteiger partial charge in [0.25, 0.3) is 0 Å². The highest BCUT2D eigenvalue weighted by molar-refractivity contribution is 6.45. The topological polar surface area (TPSA) is 18.5 Å². The second kappa shape index (κ2) is 3.26. The Morgan fingerprint density at radius 2 is 1.90 bits per heavy atom. The average Bonchev–Trinajstić information content (AvgIpc) is 2.35. The van der Waals surface area contributed by atoms with Crippen LogP contribution in [0, 0.1) is 0 Å². The van der Waals surface area contributed by atoms with Crippen molar-refractivity contribution in [2.75, 3.05) is 13.2 Å². The van der Waals surface area contributed by atoms with Crippen molar-refractivity contribution in [2.24, 2.45) is 0 Å². The highest BCUT2D eigenvalue weighted by atomic mass is 35.5. The van der Waals surface area contributed by atoms with E-state index in [1.54, 1.807) is 0 Å². The normalized spacial score (nSPS) is 24.0. The van der Waals surface area contributed by atoms with E-state index in [2.05, 4.69) is 0 Å².